The lowest BCUT2D eigenvalue weighted by atomic mass is 9.89. The molecule has 0 spiro atoms. The summed E-state index contributed by atoms with van der Waals surface area (Å²) >= 11 is 1.08. The van der Waals surface area contributed by atoms with E-state index in [4.69, 9.17) is 4.74 Å². The number of hydrogen-bond acceptors (Lipinski definition) is 6. The van der Waals surface area contributed by atoms with E-state index in [1.165, 1.54) is 0 Å². The predicted octanol–water partition coefficient (Wildman–Crippen LogP) is 1.13. The first-order valence-corrected chi connectivity index (χ1v) is 8.83. The summed E-state index contributed by atoms with van der Waals surface area (Å²) in [6.07, 6.45) is 2.41. The van der Waals surface area contributed by atoms with Crippen molar-refractivity contribution in [2.45, 2.75) is 49.5 Å². The first kappa shape index (κ1) is 14.0. The summed E-state index contributed by atoms with van der Waals surface area (Å²) in [4.78, 5) is 16.2. The summed E-state index contributed by atoms with van der Waals surface area (Å²) in [5.41, 5.74) is 0.428. The van der Waals surface area contributed by atoms with Crippen LogP contribution in [0.15, 0.2) is 4.21 Å². The summed E-state index contributed by atoms with van der Waals surface area (Å²) in [5.74, 6) is -0.805. The normalized spacial score (nSPS) is 28.8. The maximum absolute atomic E-state index is 12.2. The Balaban J connectivity index is 1.77. The molecule has 3 heterocycles. The minimum absolute atomic E-state index is 0.117. The number of hydrogen-bond donors (Lipinski definition) is 1. The van der Waals surface area contributed by atoms with Gasteiger partial charge >= 0.3 is 0 Å². The monoisotopic (exact) mass is 316 g/mol. The molecule has 6 nitrogen and oxygen atoms in total. The van der Waals surface area contributed by atoms with Gasteiger partial charge in [0.05, 0.1) is 28.8 Å². The molecular weight excluding hydrogens is 300 g/mol. The van der Waals surface area contributed by atoms with E-state index in [2.05, 4.69) is 9.71 Å². The number of aromatic nitrogens is 1. The maximum Gasteiger partial charge on any atom is 0.275 e. The fourth-order valence-corrected chi connectivity index (χ4v) is 5.44. The fraction of sp³-hybridized carbons (Fsp3) is 0.667. The number of carbonyl (C=O) groups excluding carboxylic acids is 1. The van der Waals surface area contributed by atoms with Gasteiger partial charge in [0.25, 0.3) is 10.0 Å². The molecule has 3 atom stereocenters. The van der Waals surface area contributed by atoms with Gasteiger partial charge in [0.2, 0.25) is 5.91 Å². The summed E-state index contributed by atoms with van der Waals surface area (Å²) < 4.78 is 32.4. The number of carbonyl (C=O) groups is 1. The zero-order chi connectivity index (χ0) is 14.5. The van der Waals surface area contributed by atoms with Crippen molar-refractivity contribution in [1.29, 1.82) is 0 Å². The molecule has 2 fully saturated rings. The van der Waals surface area contributed by atoms with Crippen LogP contribution in [0.4, 0.5) is 0 Å². The third kappa shape index (κ3) is 2.36. The number of ether oxygens (including phenoxy) is 1. The van der Waals surface area contributed by atoms with Crippen LogP contribution in [0, 0.1) is 19.8 Å². The van der Waals surface area contributed by atoms with Gasteiger partial charge in [0, 0.05) is 0 Å². The number of nitrogens with one attached hydrogen (secondary N) is 1. The lowest BCUT2D eigenvalue weighted by Crippen LogP contribution is -2.39. The van der Waals surface area contributed by atoms with Gasteiger partial charge in [-0.3, -0.25) is 4.79 Å². The number of nitrogens with zero attached hydrogens (tertiary/aromatic N) is 1. The molecule has 20 heavy (non-hydrogen) atoms. The number of fused-ring (bicyclic) bond motifs is 2. The van der Waals surface area contributed by atoms with E-state index >= 15 is 0 Å². The average Bonchev–Trinajstić information content (AvgIpc) is 3.03. The van der Waals surface area contributed by atoms with Crippen LogP contribution in [0.2, 0.25) is 0 Å². The first-order chi connectivity index (χ1) is 9.37. The Bertz CT molecular complexity index is 652. The van der Waals surface area contributed by atoms with Gasteiger partial charge in [-0.25, -0.2) is 18.1 Å². The quantitative estimate of drug-likeness (QED) is 0.903. The van der Waals surface area contributed by atoms with Crippen LogP contribution in [-0.2, 0) is 19.6 Å². The van der Waals surface area contributed by atoms with Gasteiger partial charge in [-0.2, -0.15) is 0 Å². The summed E-state index contributed by atoms with van der Waals surface area (Å²) in [7, 11) is -3.82. The molecule has 2 saturated heterocycles. The minimum atomic E-state index is -3.82. The SMILES string of the molecule is Cc1nc(C)c(S(=O)(=O)NC(=O)C2CC3CCC2O3)s1. The fourth-order valence-electron chi connectivity index (χ4n) is 2.93. The van der Waals surface area contributed by atoms with Crippen LogP contribution in [0.5, 0.6) is 0 Å². The second kappa shape index (κ2) is 4.78. The Labute approximate surface area is 121 Å². The number of amides is 1. The van der Waals surface area contributed by atoms with Crippen molar-refractivity contribution < 1.29 is 17.9 Å². The summed E-state index contributed by atoms with van der Waals surface area (Å²) in [5, 5.41) is 0.665. The van der Waals surface area contributed by atoms with Crippen molar-refractivity contribution >= 4 is 27.3 Å². The van der Waals surface area contributed by atoms with Gasteiger partial charge < -0.3 is 4.74 Å². The molecule has 3 unspecified atom stereocenters. The van der Waals surface area contributed by atoms with Crippen molar-refractivity contribution in [3.05, 3.63) is 10.7 Å². The third-order valence-corrected chi connectivity index (χ3v) is 6.81. The third-order valence-electron chi connectivity index (χ3n) is 3.78. The molecule has 8 heteroatoms. The van der Waals surface area contributed by atoms with E-state index in [0.717, 1.165) is 24.2 Å². The molecule has 110 valence electrons. The van der Waals surface area contributed by atoms with Gasteiger partial charge in [0.15, 0.2) is 4.21 Å². The molecule has 1 aromatic rings. The molecule has 0 radical (unpaired) electrons. The van der Waals surface area contributed by atoms with Crippen LogP contribution in [-0.4, -0.2) is 31.5 Å². The highest BCUT2D eigenvalue weighted by Crippen LogP contribution is 2.39. The lowest BCUT2D eigenvalue weighted by molar-refractivity contribution is -0.124. The van der Waals surface area contributed by atoms with Crippen LogP contribution in [0.25, 0.3) is 0 Å². The Kier molecular flexibility index (Phi) is 3.34. The van der Waals surface area contributed by atoms with Gasteiger partial charge in [-0.05, 0) is 33.1 Å². The molecule has 1 amide bonds. The van der Waals surface area contributed by atoms with Gasteiger partial charge in [0.1, 0.15) is 0 Å². The van der Waals surface area contributed by atoms with Crippen molar-refractivity contribution in [3.8, 4) is 0 Å². The molecule has 0 aromatic carbocycles. The van der Waals surface area contributed by atoms with Gasteiger partial charge in [-0.1, -0.05) is 0 Å². The van der Waals surface area contributed by atoms with E-state index < -0.39 is 15.9 Å². The molecule has 0 saturated carbocycles. The van der Waals surface area contributed by atoms with Crippen molar-refractivity contribution in [2.75, 3.05) is 0 Å². The zero-order valence-electron chi connectivity index (χ0n) is 11.3. The Hall–Kier alpha value is -0.990. The van der Waals surface area contributed by atoms with Crippen molar-refractivity contribution in [1.82, 2.24) is 9.71 Å². The first-order valence-electron chi connectivity index (χ1n) is 6.53. The van der Waals surface area contributed by atoms with E-state index in [1.54, 1.807) is 13.8 Å². The molecule has 2 aliphatic heterocycles. The standard InChI is InChI=1S/C12H16N2O4S2/c1-6-12(19-7(2)13-6)20(16,17)14-11(15)9-5-8-3-4-10(9)18-8/h8-10H,3-5H2,1-2H3,(H,14,15). The topological polar surface area (TPSA) is 85.4 Å². The Morgan fingerprint density at radius 2 is 2.15 bits per heavy atom. The lowest BCUT2D eigenvalue weighted by Gasteiger charge is -2.17. The van der Waals surface area contributed by atoms with E-state index in [1.807, 2.05) is 0 Å². The molecule has 2 bridgehead atoms. The highest BCUT2D eigenvalue weighted by atomic mass is 32.2. The van der Waals surface area contributed by atoms with Crippen molar-refractivity contribution in [2.24, 2.45) is 5.92 Å². The number of rotatable bonds is 3. The second-order valence-electron chi connectivity index (χ2n) is 5.29. The molecule has 0 aliphatic carbocycles. The van der Waals surface area contributed by atoms with E-state index in [-0.39, 0.29) is 22.3 Å². The molecule has 1 N–H and O–H groups in total. The predicted molar refractivity (Wildman–Crippen MR) is 72.9 cm³/mol. The Morgan fingerprint density at radius 3 is 2.65 bits per heavy atom. The molecule has 2 aliphatic rings. The second-order valence-corrected chi connectivity index (χ2v) is 8.37. The number of thiazole rings is 1. The van der Waals surface area contributed by atoms with E-state index in [0.29, 0.717) is 17.1 Å². The van der Waals surface area contributed by atoms with Crippen LogP contribution < -0.4 is 4.72 Å². The molecular formula is C12H16N2O4S2. The van der Waals surface area contributed by atoms with Gasteiger partial charge in [-0.15, -0.1) is 11.3 Å². The molecule has 3 rings (SSSR count). The van der Waals surface area contributed by atoms with Crippen molar-refractivity contribution in [3.63, 3.8) is 0 Å². The largest absolute Gasteiger partial charge is 0.374 e. The van der Waals surface area contributed by atoms with Crippen LogP contribution in [0.3, 0.4) is 0 Å². The minimum Gasteiger partial charge on any atom is -0.374 e. The van der Waals surface area contributed by atoms with E-state index in [9.17, 15) is 13.2 Å². The average molecular weight is 316 g/mol. The van der Waals surface area contributed by atoms with Crippen LogP contribution >= 0.6 is 11.3 Å². The smallest absolute Gasteiger partial charge is 0.275 e. The Morgan fingerprint density at radius 1 is 1.40 bits per heavy atom. The maximum atomic E-state index is 12.2. The molecule has 1 aromatic heterocycles. The summed E-state index contributed by atoms with van der Waals surface area (Å²) in [6.45, 7) is 3.37. The number of sulfonamides is 1. The highest BCUT2D eigenvalue weighted by Gasteiger charge is 2.45. The zero-order valence-corrected chi connectivity index (χ0v) is 12.9. The number of aryl methyl sites for hydroxylation is 2. The van der Waals surface area contributed by atoms with Crippen LogP contribution in [0.1, 0.15) is 30.0 Å². The summed E-state index contributed by atoms with van der Waals surface area (Å²) in [6, 6.07) is 0. The highest BCUT2D eigenvalue weighted by molar-refractivity contribution is 7.92.